The number of rotatable bonds is 4. The van der Waals surface area contributed by atoms with E-state index < -0.39 is 0 Å². The third-order valence-electron chi connectivity index (χ3n) is 4.19. The number of hydrogen-bond acceptors (Lipinski definition) is 1. The van der Waals surface area contributed by atoms with Gasteiger partial charge in [0.05, 0.1) is 6.10 Å². The van der Waals surface area contributed by atoms with E-state index in [0.29, 0.717) is 5.92 Å². The molecule has 3 atom stereocenters. The van der Waals surface area contributed by atoms with Gasteiger partial charge in [0, 0.05) is 4.47 Å². The third-order valence-corrected chi connectivity index (χ3v) is 4.96. The van der Waals surface area contributed by atoms with Crippen LogP contribution in [-0.2, 0) is 6.42 Å². The maximum atomic E-state index is 10.2. The van der Waals surface area contributed by atoms with Crippen molar-refractivity contribution in [2.24, 2.45) is 11.8 Å². The molecule has 0 saturated heterocycles. The number of halogens is 1. The summed E-state index contributed by atoms with van der Waals surface area (Å²) in [6.45, 7) is 2.26. The summed E-state index contributed by atoms with van der Waals surface area (Å²) < 4.78 is 1.18. The number of benzene rings is 1. The number of aliphatic hydroxyl groups is 1. The summed E-state index contributed by atoms with van der Waals surface area (Å²) in [6.07, 6.45) is 6.87. The molecule has 3 unspecified atom stereocenters. The fourth-order valence-corrected chi connectivity index (χ4v) is 3.63. The van der Waals surface area contributed by atoms with Gasteiger partial charge in [0.15, 0.2) is 0 Å². The van der Waals surface area contributed by atoms with E-state index in [1.54, 1.807) is 0 Å². The predicted molar refractivity (Wildman–Crippen MR) is 79.6 cm³/mol. The average molecular weight is 311 g/mol. The maximum Gasteiger partial charge on any atom is 0.0571 e. The monoisotopic (exact) mass is 310 g/mol. The molecule has 1 aromatic rings. The summed E-state index contributed by atoms with van der Waals surface area (Å²) in [7, 11) is 0. The lowest BCUT2D eigenvalue weighted by Crippen LogP contribution is -2.30. The van der Waals surface area contributed by atoms with Gasteiger partial charge in [-0.15, -0.1) is 0 Å². The molecular weight excluding hydrogens is 288 g/mol. The van der Waals surface area contributed by atoms with E-state index in [1.165, 1.54) is 35.7 Å². The first-order chi connectivity index (χ1) is 8.70. The molecule has 0 aliphatic heterocycles. The van der Waals surface area contributed by atoms with Gasteiger partial charge in [-0.05, 0) is 49.1 Å². The highest BCUT2D eigenvalue weighted by Gasteiger charge is 2.29. The molecule has 1 saturated carbocycles. The first-order valence-corrected chi connectivity index (χ1v) is 7.91. The van der Waals surface area contributed by atoms with Crippen molar-refractivity contribution in [3.63, 3.8) is 0 Å². The van der Waals surface area contributed by atoms with Crippen molar-refractivity contribution < 1.29 is 5.11 Å². The summed E-state index contributed by atoms with van der Waals surface area (Å²) in [5.41, 5.74) is 1.33. The molecular formula is C16H23BrO. The Bertz CT molecular complexity index is 377. The van der Waals surface area contributed by atoms with Crippen LogP contribution in [0.15, 0.2) is 28.7 Å². The molecule has 1 aromatic carbocycles. The number of hydrogen-bond donors (Lipinski definition) is 1. The smallest absolute Gasteiger partial charge is 0.0571 e. The lowest BCUT2D eigenvalue weighted by Gasteiger charge is -2.33. The van der Waals surface area contributed by atoms with Crippen LogP contribution in [0.2, 0.25) is 0 Å². The molecule has 1 N–H and O–H groups in total. The second-order valence-corrected chi connectivity index (χ2v) is 6.45. The van der Waals surface area contributed by atoms with Crippen LogP contribution in [0, 0.1) is 11.8 Å². The molecule has 2 heteroatoms. The van der Waals surface area contributed by atoms with Gasteiger partial charge in [-0.3, -0.25) is 0 Å². The Balaban J connectivity index is 2.00. The Morgan fingerprint density at radius 3 is 2.78 bits per heavy atom. The quantitative estimate of drug-likeness (QED) is 0.863. The van der Waals surface area contributed by atoms with Gasteiger partial charge >= 0.3 is 0 Å². The van der Waals surface area contributed by atoms with Crippen molar-refractivity contribution in [2.75, 3.05) is 0 Å². The first-order valence-electron chi connectivity index (χ1n) is 7.12. The SMILES string of the molecule is CCCC1CCC(O)C(Cc2ccccc2Br)C1. The van der Waals surface area contributed by atoms with Crippen molar-refractivity contribution in [1.82, 2.24) is 0 Å². The van der Waals surface area contributed by atoms with Gasteiger partial charge in [-0.1, -0.05) is 53.9 Å². The molecule has 0 heterocycles. The van der Waals surface area contributed by atoms with Crippen LogP contribution in [-0.4, -0.2) is 11.2 Å². The zero-order chi connectivity index (χ0) is 13.0. The minimum Gasteiger partial charge on any atom is -0.393 e. The van der Waals surface area contributed by atoms with Gasteiger partial charge in [0.1, 0.15) is 0 Å². The van der Waals surface area contributed by atoms with Crippen molar-refractivity contribution in [2.45, 2.75) is 51.6 Å². The largest absolute Gasteiger partial charge is 0.393 e. The molecule has 2 rings (SSSR count). The van der Waals surface area contributed by atoms with Crippen molar-refractivity contribution in [3.05, 3.63) is 34.3 Å². The Hall–Kier alpha value is -0.340. The van der Waals surface area contributed by atoms with Gasteiger partial charge in [0.25, 0.3) is 0 Å². The lowest BCUT2D eigenvalue weighted by atomic mass is 9.75. The number of aliphatic hydroxyl groups excluding tert-OH is 1. The molecule has 100 valence electrons. The van der Waals surface area contributed by atoms with E-state index >= 15 is 0 Å². The van der Waals surface area contributed by atoms with Crippen LogP contribution in [0.3, 0.4) is 0 Å². The van der Waals surface area contributed by atoms with Gasteiger partial charge in [-0.25, -0.2) is 0 Å². The molecule has 18 heavy (non-hydrogen) atoms. The molecule has 0 radical (unpaired) electrons. The minimum atomic E-state index is -0.106. The molecule has 1 nitrogen and oxygen atoms in total. The highest BCUT2D eigenvalue weighted by Crippen LogP contribution is 2.35. The summed E-state index contributed by atoms with van der Waals surface area (Å²) >= 11 is 3.61. The summed E-state index contributed by atoms with van der Waals surface area (Å²) in [6, 6.07) is 8.39. The normalized spacial score (nSPS) is 28.3. The lowest BCUT2D eigenvalue weighted by molar-refractivity contribution is 0.0462. The predicted octanol–water partition coefficient (Wildman–Crippen LogP) is 4.57. The van der Waals surface area contributed by atoms with Crippen LogP contribution in [0.4, 0.5) is 0 Å². The topological polar surface area (TPSA) is 20.2 Å². The van der Waals surface area contributed by atoms with E-state index in [2.05, 4.69) is 41.1 Å². The summed E-state index contributed by atoms with van der Waals surface area (Å²) in [5.74, 6) is 1.26. The molecule has 1 aliphatic carbocycles. The summed E-state index contributed by atoms with van der Waals surface area (Å²) in [5, 5.41) is 10.2. The Morgan fingerprint density at radius 2 is 2.06 bits per heavy atom. The molecule has 1 fully saturated rings. The Morgan fingerprint density at radius 1 is 1.28 bits per heavy atom. The molecule has 0 spiro atoms. The minimum absolute atomic E-state index is 0.106. The van der Waals surface area contributed by atoms with E-state index in [1.807, 2.05) is 6.07 Å². The fourth-order valence-electron chi connectivity index (χ4n) is 3.18. The zero-order valence-electron chi connectivity index (χ0n) is 11.1. The molecule has 0 amide bonds. The fraction of sp³-hybridized carbons (Fsp3) is 0.625. The summed E-state index contributed by atoms with van der Waals surface area (Å²) in [4.78, 5) is 0. The van der Waals surface area contributed by atoms with Gasteiger partial charge in [-0.2, -0.15) is 0 Å². The van der Waals surface area contributed by atoms with Crippen LogP contribution in [0.1, 0.15) is 44.6 Å². The second kappa shape index (κ2) is 6.72. The third kappa shape index (κ3) is 3.58. The second-order valence-electron chi connectivity index (χ2n) is 5.59. The van der Waals surface area contributed by atoms with Crippen molar-refractivity contribution >= 4 is 15.9 Å². The Labute approximate surface area is 119 Å². The first kappa shape index (κ1) is 14.1. The van der Waals surface area contributed by atoms with Gasteiger partial charge in [0.2, 0.25) is 0 Å². The highest BCUT2D eigenvalue weighted by atomic mass is 79.9. The maximum absolute atomic E-state index is 10.2. The van der Waals surface area contributed by atoms with Gasteiger partial charge < -0.3 is 5.11 Å². The zero-order valence-corrected chi connectivity index (χ0v) is 12.7. The highest BCUT2D eigenvalue weighted by molar-refractivity contribution is 9.10. The Kier molecular flexibility index (Phi) is 5.25. The van der Waals surface area contributed by atoms with E-state index in [9.17, 15) is 5.11 Å². The molecule has 1 aliphatic rings. The standard InChI is InChI=1S/C16H23BrO/c1-2-5-12-8-9-16(18)14(10-12)11-13-6-3-4-7-15(13)17/h3-4,6-7,12,14,16,18H,2,5,8-11H2,1H3. The van der Waals surface area contributed by atoms with Crippen LogP contribution >= 0.6 is 15.9 Å². The van der Waals surface area contributed by atoms with E-state index in [0.717, 1.165) is 18.8 Å². The van der Waals surface area contributed by atoms with Crippen LogP contribution in [0.5, 0.6) is 0 Å². The molecule has 0 aromatic heterocycles. The van der Waals surface area contributed by atoms with Crippen LogP contribution < -0.4 is 0 Å². The van der Waals surface area contributed by atoms with Crippen molar-refractivity contribution in [3.8, 4) is 0 Å². The van der Waals surface area contributed by atoms with E-state index in [-0.39, 0.29) is 6.10 Å². The average Bonchev–Trinajstić information content (AvgIpc) is 2.36. The van der Waals surface area contributed by atoms with Crippen molar-refractivity contribution in [1.29, 1.82) is 0 Å². The van der Waals surface area contributed by atoms with Crippen LogP contribution in [0.25, 0.3) is 0 Å². The van der Waals surface area contributed by atoms with E-state index in [4.69, 9.17) is 0 Å². The molecule has 0 bridgehead atoms.